The average molecular weight is 428 g/mol. The first-order chi connectivity index (χ1) is 15.6. The van der Waals surface area contributed by atoms with E-state index in [1.54, 1.807) is 7.11 Å². The number of nitrogens with zero attached hydrogens (tertiary/aromatic N) is 5. The van der Waals surface area contributed by atoms with Gasteiger partial charge in [-0.15, -0.1) is 5.10 Å². The Bertz CT molecular complexity index is 1380. The Hall–Kier alpha value is -3.94. The van der Waals surface area contributed by atoms with Crippen molar-refractivity contribution in [2.75, 3.05) is 12.4 Å². The minimum absolute atomic E-state index is 0.597. The van der Waals surface area contributed by atoms with E-state index in [1.807, 2.05) is 60.8 Å². The van der Waals surface area contributed by atoms with E-state index in [2.05, 4.69) is 21.6 Å². The van der Waals surface area contributed by atoms with Gasteiger partial charge in [-0.2, -0.15) is 9.61 Å². The number of hydrogen-bond donors (Lipinski definition) is 2. The highest BCUT2D eigenvalue weighted by Gasteiger charge is 2.15. The molecular weight excluding hydrogens is 402 g/mol. The Morgan fingerprint density at radius 2 is 1.91 bits per heavy atom. The van der Waals surface area contributed by atoms with E-state index < -0.39 is 0 Å². The molecule has 0 aliphatic carbocycles. The first kappa shape index (κ1) is 20.0. The molecule has 0 saturated carbocycles. The second-order valence-corrected chi connectivity index (χ2v) is 7.83. The highest BCUT2D eigenvalue weighted by molar-refractivity contribution is 5.92. The van der Waals surface area contributed by atoms with Crippen LogP contribution in [0, 0.1) is 13.8 Å². The molecule has 5 aromatic rings. The molecule has 3 heterocycles. The van der Waals surface area contributed by atoms with E-state index in [0.717, 1.165) is 57.9 Å². The Balaban J connectivity index is 1.48. The van der Waals surface area contributed by atoms with Gasteiger partial charge in [-0.25, -0.2) is 9.97 Å². The van der Waals surface area contributed by atoms with Gasteiger partial charge in [-0.05, 0) is 55.7 Å². The Morgan fingerprint density at radius 1 is 1.03 bits per heavy atom. The number of nitrogens with one attached hydrogen (secondary N) is 2. The summed E-state index contributed by atoms with van der Waals surface area (Å²) >= 11 is 0. The van der Waals surface area contributed by atoms with Crippen LogP contribution in [-0.2, 0) is 19.4 Å². The second-order valence-electron chi connectivity index (χ2n) is 7.83. The smallest absolute Gasteiger partial charge is 0.226 e. The van der Waals surface area contributed by atoms with E-state index >= 15 is 0 Å². The number of ether oxygens (including phenoxy) is 1. The summed E-state index contributed by atoms with van der Waals surface area (Å²) in [7, 11) is 1.67. The van der Waals surface area contributed by atoms with E-state index in [1.165, 1.54) is 5.56 Å². The number of anilines is 1. The molecule has 3 aromatic heterocycles. The topological polar surface area (TPSA) is 93.0 Å². The average Bonchev–Trinajstić information content (AvgIpc) is 3.39. The number of methoxy groups -OCH3 is 1. The maximum Gasteiger partial charge on any atom is 0.226 e. The third-order valence-electron chi connectivity index (χ3n) is 5.69. The van der Waals surface area contributed by atoms with Crippen molar-refractivity contribution in [3.05, 3.63) is 76.9 Å². The molecule has 0 spiro atoms. The molecule has 0 fully saturated rings. The van der Waals surface area contributed by atoms with Gasteiger partial charge >= 0.3 is 0 Å². The number of para-hydroxylation sites is 1. The first-order valence-electron chi connectivity index (χ1n) is 10.6. The molecule has 0 amide bonds. The van der Waals surface area contributed by atoms with Crippen molar-refractivity contribution in [2.24, 2.45) is 0 Å². The standard InChI is InChI=1S/C24H25N7O/c1-15-19(16(2)29-28-15)11-12-22-27-23-20-9-4-5-10-21(20)26-24(31(23)30-22)25-14-17-7-6-8-18(13-17)32-3/h4-10,13H,11-12,14H2,1-3H3,(H,25,26)(H,28,29). The molecular formula is C24H25N7O. The molecule has 8 heteroatoms. The Morgan fingerprint density at radius 3 is 2.72 bits per heavy atom. The molecule has 0 atom stereocenters. The fourth-order valence-electron chi connectivity index (χ4n) is 3.96. The summed E-state index contributed by atoms with van der Waals surface area (Å²) in [4.78, 5) is 9.68. The number of hydrogen-bond acceptors (Lipinski definition) is 6. The van der Waals surface area contributed by atoms with E-state index in [0.29, 0.717) is 12.5 Å². The predicted octanol–water partition coefficient (Wildman–Crippen LogP) is 4.02. The molecule has 162 valence electrons. The van der Waals surface area contributed by atoms with Gasteiger partial charge in [0.25, 0.3) is 0 Å². The molecule has 0 unspecified atom stereocenters. The van der Waals surface area contributed by atoms with E-state index in [9.17, 15) is 0 Å². The molecule has 0 aliphatic heterocycles. The van der Waals surface area contributed by atoms with E-state index in [-0.39, 0.29) is 0 Å². The third-order valence-corrected chi connectivity index (χ3v) is 5.69. The maximum absolute atomic E-state index is 5.33. The van der Waals surface area contributed by atoms with Gasteiger partial charge in [0.1, 0.15) is 5.75 Å². The summed E-state index contributed by atoms with van der Waals surface area (Å²) in [6.45, 7) is 4.67. The summed E-state index contributed by atoms with van der Waals surface area (Å²) in [6, 6.07) is 16.0. The fraction of sp³-hybridized carbons (Fsp3) is 0.250. The Kier molecular flexibility index (Phi) is 5.18. The lowest BCUT2D eigenvalue weighted by Gasteiger charge is -2.10. The highest BCUT2D eigenvalue weighted by Crippen LogP contribution is 2.22. The van der Waals surface area contributed by atoms with Crippen LogP contribution >= 0.6 is 0 Å². The quantitative estimate of drug-likeness (QED) is 0.407. The van der Waals surface area contributed by atoms with Crippen molar-refractivity contribution in [1.29, 1.82) is 0 Å². The molecule has 2 aromatic carbocycles. The monoisotopic (exact) mass is 427 g/mol. The van der Waals surface area contributed by atoms with Gasteiger partial charge in [0.05, 0.1) is 18.3 Å². The Labute approximate surface area is 185 Å². The SMILES string of the molecule is COc1cccc(CNc2nc3ccccc3c3nc(CCc4c(C)n[nH]c4C)nn23)c1. The summed E-state index contributed by atoms with van der Waals surface area (Å²) in [5.74, 6) is 2.28. The lowest BCUT2D eigenvalue weighted by atomic mass is 10.1. The second kappa shape index (κ2) is 8.30. The first-order valence-corrected chi connectivity index (χ1v) is 10.6. The van der Waals surface area contributed by atoms with Crippen LogP contribution in [-0.4, -0.2) is 36.9 Å². The molecule has 0 aliphatic rings. The van der Waals surface area contributed by atoms with Crippen LogP contribution in [0.1, 0.15) is 28.3 Å². The number of aryl methyl sites for hydroxylation is 3. The van der Waals surface area contributed by atoms with Crippen LogP contribution in [0.3, 0.4) is 0 Å². The minimum atomic E-state index is 0.597. The van der Waals surface area contributed by atoms with E-state index in [4.69, 9.17) is 19.8 Å². The predicted molar refractivity (Wildman–Crippen MR) is 124 cm³/mol. The van der Waals surface area contributed by atoms with Crippen LogP contribution in [0.2, 0.25) is 0 Å². The van der Waals surface area contributed by atoms with Crippen LogP contribution in [0.15, 0.2) is 48.5 Å². The molecule has 0 saturated heterocycles. The highest BCUT2D eigenvalue weighted by atomic mass is 16.5. The number of rotatable bonds is 7. The maximum atomic E-state index is 5.33. The van der Waals surface area contributed by atoms with Crippen molar-refractivity contribution in [3.8, 4) is 5.75 Å². The van der Waals surface area contributed by atoms with Crippen molar-refractivity contribution in [1.82, 2.24) is 29.8 Å². The zero-order valence-electron chi connectivity index (χ0n) is 18.4. The van der Waals surface area contributed by atoms with Gasteiger partial charge in [-0.3, -0.25) is 5.10 Å². The zero-order valence-corrected chi connectivity index (χ0v) is 18.4. The normalized spacial score (nSPS) is 11.3. The van der Waals surface area contributed by atoms with Gasteiger partial charge in [0, 0.05) is 24.0 Å². The summed E-state index contributed by atoms with van der Waals surface area (Å²) in [5, 5.41) is 16.5. The van der Waals surface area contributed by atoms with Crippen LogP contribution in [0.5, 0.6) is 5.75 Å². The molecule has 8 nitrogen and oxygen atoms in total. The number of aromatic nitrogens is 6. The number of aromatic amines is 1. The lowest BCUT2D eigenvalue weighted by Crippen LogP contribution is -2.08. The van der Waals surface area contributed by atoms with Gasteiger partial charge < -0.3 is 10.1 Å². The van der Waals surface area contributed by atoms with Gasteiger partial charge in [-0.1, -0.05) is 24.3 Å². The van der Waals surface area contributed by atoms with Crippen LogP contribution in [0.4, 0.5) is 5.95 Å². The summed E-state index contributed by atoms with van der Waals surface area (Å²) < 4.78 is 7.15. The number of benzene rings is 2. The molecule has 0 radical (unpaired) electrons. The third kappa shape index (κ3) is 3.75. The molecule has 5 rings (SSSR count). The molecule has 2 N–H and O–H groups in total. The minimum Gasteiger partial charge on any atom is -0.497 e. The fourth-order valence-corrected chi connectivity index (χ4v) is 3.96. The van der Waals surface area contributed by atoms with Gasteiger partial charge in [0.2, 0.25) is 5.95 Å². The number of H-pyrrole nitrogens is 1. The van der Waals surface area contributed by atoms with Crippen molar-refractivity contribution in [2.45, 2.75) is 33.2 Å². The van der Waals surface area contributed by atoms with Gasteiger partial charge in [0.15, 0.2) is 11.5 Å². The summed E-state index contributed by atoms with van der Waals surface area (Å²) in [5.41, 5.74) is 6.13. The van der Waals surface area contributed by atoms with Crippen LogP contribution < -0.4 is 10.1 Å². The largest absolute Gasteiger partial charge is 0.497 e. The van der Waals surface area contributed by atoms with Crippen molar-refractivity contribution >= 4 is 22.5 Å². The molecule has 0 bridgehead atoms. The molecule has 32 heavy (non-hydrogen) atoms. The zero-order chi connectivity index (χ0) is 22.1. The summed E-state index contributed by atoms with van der Waals surface area (Å²) in [6.07, 6.45) is 1.57. The lowest BCUT2D eigenvalue weighted by molar-refractivity contribution is 0.414. The van der Waals surface area contributed by atoms with Crippen molar-refractivity contribution < 1.29 is 4.74 Å². The van der Waals surface area contributed by atoms with Crippen molar-refractivity contribution in [3.63, 3.8) is 0 Å². The van der Waals surface area contributed by atoms with Crippen LogP contribution in [0.25, 0.3) is 16.6 Å². The number of fused-ring (bicyclic) bond motifs is 3.